The summed E-state index contributed by atoms with van der Waals surface area (Å²) < 4.78 is 23.6. The number of carbonyl (C=O) groups is 1. The fourth-order valence-electron chi connectivity index (χ4n) is 1.87. The van der Waals surface area contributed by atoms with E-state index in [1.54, 1.807) is 0 Å². The van der Waals surface area contributed by atoms with Gasteiger partial charge in [0, 0.05) is 11.6 Å². The SMILES string of the molecule is COc1ccc(F)cc1COC(=O)c1ccc(Br)c([N+](=O)[O-])c1. The van der Waals surface area contributed by atoms with Gasteiger partial charge in [-0.1, -0.05) is 0 Å². The minimum Gasteiger partial charge on any atom is -0.496 e. The number of hydrogen-bond acceptors (Lipinski definition) is 5. The van der Waals surface area contributed by atoms with Gasteiger partial charge in [-0.3, -0.25) is 10.1 Å². The van der Waals surface area contributed by atoms with Crippen LogP contribution in [0.2, 0.25) is 0 Å². The van der Waals surface area contributed by atoms with Gasteiger partial charge in [0.1, 0.15) is 18.2 Å². The summed E-state index contributed by atoms with van der Waals surface area (Å²) in [5, 5.41) is 10.9. The maximum Gasteiger partial charge on any atom is 0.338 e. The monoisotopic (exact) mass is 383 g/mol. The molecule has 0 aromatic heterocycles. The summed E-state index contributed by atoms with van der Waals surface area (Å²) in [6.07, 6.45) is 0. The Kier molecular flexibility index (Phi) is 5.28. The minimum absolute atomic E-state index is 0.0234. The molecule has 2 aromatic carbocycles. The van der Waals surface area contributed by atoms with Crippen molar-refractivity contribution >= 4 is 27.6 Å². The normalized spacial score (nSPS) is 10.2. The molecule has 0 aliphatic rings. The zero-order valence-electron chi connectivity index (χ0n) is 11.9. The average Bonchev–Trinajstić information content (AvgIpc) is 2.52. The number of ether oxygens (including phenoxy) is 2. The molecular formula is C15H11BrFNO5. The molecule has 2 rings (SSSR count). The van der Waals surface area contributed by atoms with E-state index in [1.807, 2.05) is 0 Å². The Morgan fingerprint density at radius 1 is 1.30 bits per heavy atom. The molecule has 2 aromatic rings. The second kappa shape index (κ2) is 7.19. The Morgan fingerprint density at radius 2 is 2.04 bits per heavy atom. The van der Waals surface area contributed by atoms with Crippen molar-refractivity contribution < 1.29 is 23.6 Å². The maximum absolute atomic E-state index is 13.2. The van der Waals surface area contributed by atoms with Gasteiger partial charge in [0.05, 0.1) is 22.1 Å². The lowest BCUT2D eigenvalue weighted by Crippen LogP contribution is -2.07. The number of benzene rings is 2. The quantitative estimate of drug-likeness (QED) is 0.444. The van der Waals surface area contributed by atoms with Crippen molar-refractivity contribution in [2.45, 2.75) is 6.61 Å². The predicted molar refractivity (Wildman–Crippen MR) is 82.9 cm³/mol. The summed E-state index contributed by atoms with van der Waals surface area (Å²) in [5.41, 5.74) is 0.130. The smallest absolute Gasteiger partial charge is 0.338 e. The number of rotatable bonds is 5. The van der Waals surface area contributed by atoms with E-state index in [0.717, 1.165) is 6.07 Å². The van der Waals surface area contributed by atoms with Crippen molar-refractivity contribution in [2.24, 2.45) is 0 Å². The van der Waals surface area contributed by atoms with Crippen LogP contribution in [-0.4, -0.2) is 18.0 Å². The van der Waals surface area contributed by atoms with Crippen LogP contribution in [0.1, 0.15) is 15.9 Å². The van der Waals surface area contributed by atoms with E-state index in [0.29, 0.717) is 11.3 Å². The molecule has 23 heavy (non-hydrogen) atoms. The third-order valence-corrected chi connectivity index (χ3v) is 3.65. The Morgan fingerprint density at radius 3 is 2.70 bits per heavy atom. The maximum atomic E-state index is 13.2. The molecular weight excluding hydrogens is 373 g/mol. The number of halogens is 2. The highest BCUT2D eigenvalue weighted by molar-refractivity contribution is 9.10. The van der Waals surface area contributed by atoms with E-state index >= 15 is 0 Å². The van der Waals surface area contributed by atoms with Gasteiger partial charge in [0.15, 0.2) is 0 Å². The Labute approximate surface area is 139 Å². The van der Waals surface area contributed by atoms with Crippen molar-refractivity contribution in [3.63, 3.8) is 0 Å². The second-order valence-corrected chi connectivity index (χ2v) is 5.31. The molecule has 0 saturated carbocycles. The van der Waals surface area contributed by atoms with Gasteiger partial charge in [-0.25, -0.2) is 9.18 Å². The van der Waals surface area contributed by atoms with E-state index in [4.69, 9.17) is 9.47 Å². The van der Waals surface area contributed by atoms with Crippen molar-refractivity contribution in [2.75, 3.05) is 7.11 Å². The summed E-state index contributed by atoms with van der Waals surface area (Å²) in [5.74, 6) is -0.871. The summed E-state index contributed by atoms with van der Waals surface area (Å²) in [6, 6.07) is 7.72. The van der Waals surface area contributed by atoms with Gasteiger partial charge in [-0.05, 0) is 46.3 Å². The molecule has 0 aliphatic heterocycles. The Bertz CT molecular complexity index is 766. The lowest BCUT2D eigenvalue weighted by molar-refractivity contribution is -0.385. The molecule has 0 N–H and O–H groups in total. The van der Waals surface area contributed by atoms with E-state index < -0.39 is 16.7 Å². The number of nitro groups is 1. The number of esters is 1. The molecule has 120 valence electrons. The van der Waals surface area contributed by atoms with E-state index in [1.165, 1.54) is 37.4 Å². The van der Waals surface area contributed by atoms with Crippen molar-refractivity contribution in [3.05, 3.63) is 67.9 Å². The molecule has 0 aliphatic carbocycles. The number of nitrogens with zero attached hydrogens (tertiary/aromatic N) is 1. The van der Waals surface area contributed by atoms with Crippen LogP contribution in [0.4, 0.5) is 10.1 Å². The van der Waals surface area contributed by atoms with Crippen molar-refractivity contribution in [1.82, 2.24) is 0 Å². The average molecular weight is 384 g/mol. The van der Waals surface area contributed by atoms with Gasteiger partial charge in [0.2, 0.25) is 0 Å². The van der Waals surface area contributed by atoms with Crippen LogP contribution in [0.25, 0.3) is 0 Å². The summed E-state index contributed by atoms with van der Waals surface area (Å²) in [4.78, 5) is 22.2. The van der Waals surface area contributed by atoms with E-state index in [9.17, 15) is 19.3 Å². The summed E-state index contributed by atoms with van der Waals surface area (Å²) in [7, 11) is 1.41. The standard InChI is InChI=1S/C15H11BrFNO5/c1-22-14-5-3-11(17)6-10(14)8-23-15(19)9-2-4-12(16)13(7-9)18(20)21/h2-7H,8H2,1H3. The van der Waals surface area contributed by atoms with E-state index in [-0.39, 0.29) is 22.3 Å². The van der Waals surface area contributed by atoms with Crippen molar-refractivity contribution in [3.8, 4) is 5.75 Å². The van der Waals surface area contributed by atoms with Gasteiger partial charge < -0.3 is 9.47 Å². The highest BCUT2D eigenvalue weighted by Crippen LogP contribution is 2.26. The molecule has 0 unspecified atom stereocenters. The van der Waals surface area contributed by atoms with Crippen LogP contribution < -0.4 is 4.74 Å². The first-order valence-corrected chi connectivity index (χ1v) is 7.15. The van der Waals surface area contributed by atoms with Crippen LogP contribution in [0, 0.1) is 15.9 Å². The van der Waals surface area contributed by atoms with Gasteiger partial charge in [-0.2, -0.15) is 0 Å². The molecule has 0 saturated heterocycles. The first kappa shape index (κ1) is 16.9. The molecule has 0 spiro atoms. The lowest BCUT2D eigenvalue weighted by atomic mass is 10.2. The van der Waals surface area contributed by atoms with Gasteiger partial charge in [-0.15, -0.1) is 0 Å². The highest BCUT2D eigenvalue weighted by atomic mass is 79.9. The molecule has 0 heterocycles. The van der Waals surface area contributed by atoms with Crippen LogP contribution >= 0.6 is 15.9 Å². The van der Waals surface area contributed by atoms with E-state index in [2.05, 4.69) is 15.9 Å². The first-order valence-electron chi connectivity index (χ1n) is 6.36. The molecule has 0 fully saturated rings. The largest absolute Gasteiger partial charge is 0.496 e. The Balaban J connectivity index is 2.16. The van der Waals surface area contributed by atoms with Crippen LogP contribution in [-0.2, 0) is 11.3 Å². The third kappa shape index (κ3) is 4.04. The zero-order valence-corrected chi connectivity index (χ0v) is 13.5. The minimum atomic E-state index is -0.757. The number of carbonyl (C=O) groups excluding carboxylic acids is 1. The number of methoxy groups -OCH3 is 1. The van der Waals surface area contributed by atoms with Gasteiger partial charge in [0.25, 0.3) is 5.69 Å². The van der Waals surface area contributed by atoms with Crippen LogP contribution in [0.5, 0.6) is 5.75 Å². The molecule has 6 nitrogen and oxygen atoms in total. The first-order chi connectivity index (χ1) is 10.9. The molecule has 0 atom stereocenters. The lowest BCUT2D eigenvalue weighted by Gasteiger charge is -2.09. The summed E-state index contributed by atoms with van der Waals surface area (Å²) >= 11 is 3.03. The Hall–Kier alpha value is -2.48. The van der Waals surface area contributed by atoms with Crippen molar-refractivity contribution in [1.29, 1.82) is 0 Å². The molecule has 8 heteroatoms. The predicted octanol–water partition coefficient (Wildman–Crippen LogP) is 3.86. The van der Waals surface area contributed by atoms with Gasteiger partial charge >= 0.3 is 5.97 Å². The molecule has 0 bridgehead atoms. The number of nitro benzene ring substituents is 1. The topological polar surface area (TPSA) is 78.7 Å². The summed E-state index contributed by atoms with van der Waals surface area (Å²) in [6.45, 7) is -0.219. The highest BCUT2D eigenvalue weighted by Gasteiger charge is 2.17. The fourth-order valence-corrected chi connectivity index (χ4v) is 2.26. The fraction of sp³-hybridized carbons (Fsp3) is 0.133. The van der Waals surface area contributed by atoms with Crippen LogP contribution in [0.3, 0.4) is 0 Å². The zero-order chi connectivity index (χ0) is 17.0. The number of hydrogen-bond donors (Lipinski definition) is 0. The molecule has 0 radical (unpaired) electrons. The van der Waals surface area contributed by atoms with Crippen LogP contribution in [0.15, 0.2) is 40.9 Å². The second-order valence-electron chi connectivity index (χ2n) is 4.46. The molecule has 0 amide bonds. The third-order valence-electron chi connectivity index (χ3n) is 2.98.